The van der Waals surface area contributed by atoms with Gasteiger partial charge < -0.3 is 14.8 Å². The summed E-state index contributed by atoms with van der Waals surface area (Å²) >= 11 is 0. The number of carbonyl (C=O) groups excluding carboxylic acids is 2. The van der Waals surface area contributed by atoms with Crippen LogP contribution in [0.3, 0.4) is 0 Å². The summed E-state index contributed by atoms with van der Waals surface area (Å²) in [5, 5.41) is 2.93. The van der Waals surface area contributed by atoms with E-state index in [9.17, 15) is 9.59 Å². The highest BCUT2D eigenvalue weighted by atomic mass is 16.6. The molecule has 0 spiro atoms. The van der Waals surface area contributed by atoms with Gasteiger partial charge in [-0.05, 0) is 56.2 Å². The van der Waals surface area contributed by atoms with E-state index in [1.165, 1.54) is 37.0 Å². The van der Waals surface area contributed by atoms with Gasteiger partial charge in [0.05, 0.1) is 6.67 Å². The van der Waals surface area contributed by atoms with Crippen LogP contribution in [0.5, 0.6) is 11.5 Å². The molecule has 3 aliphatic heterocycles. The van der Waals surface area contributed by atoms with Crippen LogP contribution < -0.4 is 14.8 Å². The fourth-order valence-electron chi connectivity index (χ4n) is 5.46. The summed E-state index contributed by atoms with van der Waals surface area (Å²) < 4.78 is 11.2. The maximum Gasteiger partial charge on any atom is 0.326 e. The van der Waals surface area contributed by atoms with E-state index in [0.29, 0.717) is 43.3 Å². The number of ether oxygens (including phenoxy) is 2. The van der Waals surface area contributed by atoms with Crippen molar-refractivity contribution in [2.75, 3.05) is 26.4 Å². The first kappa shape index (κ1) is 18.7. The molecule has 3 heterocycles. The van der Waals surface area contributed by atoms with Gasteiger partial charge in [0.2, 0.25) is 0 Å². The number of hydrogen-bond donors (Lipinski definition) is 1. The van der Waals surface area contributed by atoms with Gasteiger partial charge in [-0.25, -0.2) is 9.69 Å². The van der Waals surface area contributed by atoms with Gasteiger partial charge in [-0.1, -0.05) is 18.9 Å². The molecular formula is C22H29N3O4. The monoisotopic (exact) mass is 399 g/mol. The molecule has 1 aromatic rings. The second-order valence-corrected chi connectivity index (χ2v) is 8.85. The number of hydrogen-bond acceptors (Lipinski definition) is 5. The maximum absolute atomic E-state index is 13.4. The molecule has 3 amide bonds. The third-order valence-electron chi connectivity index (χ3n) is 7.08. The van der Waals surface area contributed by atoms with Gasteiger partial charge in [-0.2, -0.15) is 0 Å². The maximum atomic E-state index is 13.4. The van der Waals surface area contributed by atoms with E-state index < -0.39 is 5.54 Å². The minimum atomic E-state index is -1.09. The summed E-state index contributed by atoms with van der Waals surface area (Å²) in [5.41, 5.74) is -0.369. The molecule has 0 radical (unpaired) electrons. The molecule has 2 saturated heterocycles. The number of urea groups is 1. The van der Waals surface area contributed by atoms with Crippen LogP contribution in [0.4, 0.5) is 4.79 Å². The summed E-state index contributed by atoms with van der Waals surface area (Å²) in [7, 11) is 0. The van der Waals surface area contributed by atoms with Crippen LogP contribution in [0.1, 0.15) is 51.0 Å². The van der Waals surface area contributed by atoms with Crippen molar-refractivity contribution in [1.29, 1.82) is 0 Å². The van der Waals surface area contributed by atoms with E-state index in [2.05, 4.69) is 10.2 Å². The Bertz CT molecular complexity index is 826. The lowest BCUT2D eigenvalue weighted by Gasteiger charge is -2.45. The molecule has 1 saturated carbocycles. The summed E-state index contributed by atoms with van der Waals surface area (Å²) in [6, 6.07) is 5.65. The molecule has 1 aliphatic carbocycles. The van der Waals surface area contributed by atoms with Crippen molar-refractivity contribution in [2.24, 2.45) is 5.92 Å². The Balaban J connectivity index is 1.36. The third kappa shape index (κ3) is 3.16. The zero-order chi connectivity index (χ0) is 20.0. The molecule has 7 nitrogen and oxygen atoms in total. The summed E-state index contributed by atoms with van der Waals surface area (Å²) in [4.78, 5) is 29.9. The van der Waals surface area contributed by atoms with E-state index in [1.807, 2.05) is 18.2 Å². The zero-order valence-corrected chi connectivity index (χ0v) is 17.0. The molecule has 0 unspecified atom stereocenters. The average molecular weight is 399 g/mol. The number of fused-ring (bicyclic) bond motifs is 2. The minimum Gasteiger partial charge on any atom is -0.486 e. The van der Waals surface area contributed by atoms with Crippen LogP contribution in [0.25, 0.3) is 0 Å². The van der Waals surface area contributed by atoms with E-state index in [4.69, 9.17) is 9.47 Å². The number of nitrogens with zero attached hydrogens (tertiary/aromatic N) is 2. The molecule has 29 heavy (non-hydrogen) atoms. The Morgan fingerprint density at radius 3 is 2.69 bits per heavy atom. The number of rotatable bonds is 3. The highest BCUT2D eigenvalue weighted by molar-refractivity contribution is 6.07. The number of carbonyl (C=O) groups is 2. The van der Waals surface area contributed by atoms with Gasteiger partial charge in [0.25, 0.3) is 5.91 Å². The van der Waals surface area contributed by atoms with Crippen LogP contribution in [-0.2, 0) is 10.3 Å². The quantitative estimate of drug-likeness (QED) is 0.792. The average Bonchev–Trinajstić information content (AvgIpc) is 2.97. The minimum absolute atomic E-state index is 0.197. The third-order valence-corrected chi connectivity index (χ3v) is 7.08. The van der Waals surface area contributed by atoms with E-state index in [0.717, 1.165) is 18.5 Å². The second-order valence-electron chi connectivity index (χ2n) is 8.85. The molecular weight excluding hydrogens is 370 g/mol. The Morgan fingerprint density at radius 2 is 1.83 bits per heavy atom. The molecule has 1 aromatic carbocycles. The Morgan fingerprint density at radius 1 is 1.07 bits per heavy atom. The lowest BCUT2D eigenvalue weighted by atomic mass is 9.78. The highest BCUT2D eigenvalue weighted by Crippen LogP contribution is 2.38. The summed E-state index contributed by atoms with van der Waals surface area (Å²) in [6.07, 6.45) is 7.41. The van der Waals surface area contributed by atoms with Crippen LogP contribution in [0.15, 0.2) is 18.2 Å². The van der Waals surface area contributed by atoms with Crippen LogP contribution in [0, 0.1) is 5.92 Å². The Hall–Kier alpha value is -2.28. The van der Waals surface area contributed by atoms with Gasteiger partial charge in [-0.3, -0.25) is 9.69 Å². The van der Waals surface area contributed by atoms with Crippen molar-refractivity contribution in [3.63, 3.8) is 0 Å². The molecule has 3 atom stereocenters. The molecule has 5 rings (SSSR count). The number of piperidine rings is 1. The number of amides is 3. The summed E-state index contributed by atoms with van der Waals surface area (Å²) in [5.74, 6) is 1.81. The smallest absolute Gasteiger partial charge is 0.326 e. The topological polar surface area (TPSA) is 71.1 Å². The lowest BCUT2D eigenvalue weighted by molar-refractivity contribution is -0.133. The number of nitrogens with one attached hydrogen (secondary N) is 1. The zero-order valence-electron chi connectivity index (χ0n) is 17.0. The Labute approximate surface area is 171 Å². The second kappa shape index (κ2) is 7.20. The predicted molar refractivity (Wildman–Crippen MR) is 107 cm³/mol. The standard InChI is InChI=1S/C22H29N3O4/c1-22(16-8-9-18-19(13-16)29-12-11-28-18)20(26)25(21(27)23-22)14-24-10-4-6-15-5-2-3-7-17(15)24/h8-9,13,15,17H,2-7,10-12,14H2,1H3,(H,23,27)/t15-,17+,22-/m1/s1. The molecule has 3 fully saturated rings. The van der Waals surface area contributed by atoms with Gasteiger partial charge in [0.15, 0.2) is 11.5 Å². The first-order chi connectivity index (χ1) is 14.1. The highest BCUT2D eigenvalue weighted by Gasteiger charge is 2.50. The first-order valence-electron chi connectivity index (χ1n) is 10.8. The molecule has 0 aromatic heterocycles. The normalized spacial score (nSPS) is 32.1. The molecule has 7 heteroatoms. The van der Waals surface area contributed by atoms with Crippen molar-refractivity contribution < 1.29 is 19.1 Å². The summed E-state index contributed by atoms with van der Waals surface area (Å²) in [6.45, 7) is 4.12. The van der Waals surface area contributed by atoms with E-state index in [1.54, 1.807) is 6.92 Å². The molecule has 0 bridgehead atoms. The number of likely N-dealkylation sites (tertiary alicyclic amines) is 1. The number of benzene rings is 1. The van der Waals surface area contributed by atoms with E-state index >= 15 is 0 Å². The largest absolute Gasteiger partial charge is 0.486 e. The van der Waals surface area contributed by atoms with Crippen molar-refractivity contribution in [2.45, 2.75) is 57.0 Å². The van der Waals surface area contributed by atoms with Crippen LogP contribution >= 0.6 is 0 Å². The van der Waals surface area contributed by atoms with E-state index in [-0.39, 0.29) is 11.9 Å². The molecule has 156 valence electrons. The molecule has 1 N–H and O–H groups in total. The van der Waals surface area contributed by atoms with Crippen molar-refractivity contribution in [1.82, 2.24) is 15.1 Å². The van der Waals surface area contributed by atoms with Crippen LogP contribution in [-0.4, -0.2) is 54.2 Å². The first-order valence-corrected chi connectivity index (χ1v) is 10.8. The van der Waals surface area contributed by atoms with Crippen molar-refractivity contribution in [3.05, 3.63) is 23.8 Å². The predicted octanol–water partition coefficient (Wildman–Crippen LogP) is 2.84. The Kier molecular flexibility index (Phi) is 4.65. The SMILES string of the molecule is C[C@]1(c2ccc3c(c2)OCCO3)NC(=O)N(CN2CCC[C@H]3CCCC[C@@H]32)C1=O. The van der Waals surface area contributed by atoms with Gasteiger partial charge in [0, 0.05) is 12.6 Å². The van der Waals surface area contributed by atoms with Crippen molar-refractivity contribution >= 4 is 11.9 Å². The number of imide groups is 1. The molecule has 4 aliphatic rings. The fourth-order valence-corrected chi connectivity index (χ4v) is 5.46. The fraction of sp³-hybridized carbons (Fsp3) is 0.636. The van der Waals surface area contributed by atoms with Gasteiger partial charge in [-0.15, -0.1) is 0 Å². The lowest BCUT2D eigenvalue weighted by Crippen LogP contribution is -2.52. The van der Waals surface area contributed by atoms with Gasteiger partial charge in [0.1, 0.15) is 18.8 Å². The van der Waals surface area contributed by atoms with Crippen molar-refractivity contribution in [3.8, 4) is 11.5 Å². The van der Waals surface area contributed by atoms with Gasteiger partial charge >= 0.3 is 6.03 Å². The van der Waals surface area contributed by atoms with Crippen LogP contribution in [0.2, 0.25) is 0 Å².